The summed E-state index contributed by atoms with van der Waals surface area (Å²) < 4.78 is 22.7. The van der Waals surface area contributed by atoms with Crippen molar-refractivity contribution in [2.45, 2.75) is 13.5 Å². The third-order valence-electron chi connectivity index (χ3n) is 5.63. The van der Waals surface area contributed by atoms with Gasteiger partial charge in [-0.1, -0.05) is 54.3 Å². The Hall–Kier alpha value is -4.02. The lowest BCUT2D eigenvalue weighted by molar-refractivity contribution is -0.122. The molecule has 3 aromatic rings. The molecule has 0 spiro atoms. The van der Waals surface area contributed by atoms with Crippen molar-refractivity contribution in [1.29, 1.82) is 0 Å². The van der Waals surface area contributed by atoms with Crippen LogP contribution in [-0.2, 0) is 16.1 Å². The van der Waals surface area contributed by atoms with E-state index in [1.165, 1.54) is 11.8 Å². The maximum Gasteiger partial charge on any atom is 0.266 e. The number of fused-ring (bicyclic) bond motifs is 1. The quantitative estimate of drug-likeness (QED) is 0.287. The van der Waals surface area contributed by atoms with E-state index in [1.54, 1.807) is 41.3 Å². The molecule has 194 valence electrons. The molecule has 0 atom stereocenters. The molecular formula is C28H24N2O6S2. The molecule has 5 rings (SSSR count). The Labute approximate surface area is 229 Å². The molecule has 0 saturated carbocycles. The lowest BCUT2D eigenvalue weighted by Gasteiger charge is -2.15. The first-order chi connectivity index (χ1) is 18.5. The standard InChI is InChI=1S/C28H24N2O6S2/c1-2-33-23-12-18(8-10-21(23)34-16-26(31)29-20-6-4-3-5-7-20)14-25-27(32)30(28(37)38-25)15-19-9-11-22-24(13-19)36-17-35-22/h3-14H,2,15-17H2,1H3,(H,29,31)/b25-14-. The van der Waals surface area contributed by atoms with Crippen molar-refractivity contribution in [2.75, 3.05) is 25.3 Å². The average molecular weight is 549 g/mol. The summed E-state index contributed by atoms with van der Waals surface area (Å²) in [6.07, 6.45) is 1.77. The molecule has 10 heteroatoms. The number of nitrogens with one attached hydrogen (secondary N) is 1. The van der Waals surface area contributed by atoms with Crippen molar-refractivity contribution in [3.63, 3.8) is 0 Å². The number of rotatable bonds is 9. The van der Waals surface area contributed by atoms with Gasteiger partial charge in [-0.25, -0.2) is 0 Å². The molecule has 0 aliphatic carbocycles. The number of carbonyl (C=O) groups is 2. The van der Waals surface area contributed by atoms with Gasteiger partial charge in [0.2, 0.25) is 6.79 Å². The van der Waals surface area contributed by atoms with Crippen LogP contribution in [0.3, 0.4) is 0 Å². The van der Waals surface area contributed by atoms with Crippen LogP contribution in [-0.4, -0.2) is 41.0 Å². The maximum atomic E-state index is 13.2. The summed E-state index contributed by atoms with van der Waals surface area (Å²) in [5, 5.41) is 2.78. The molecular weight excluding hydrogens is 524 g/mol. The monoisotopic (exact) mass is 548 g/mol. The zero-order valence-corrected chi connectivity index (χ0v) is 22.1. The Balaban J connectivity index is 1.26. The molecule has 0 radical (unpaired) electrons. The molecule has 0 bridgehead atoms. The van der Waals surface area contributed by atoms with Crippen LogP contribution in [0.5, 0.6) is 23.0 Å². The minimum atomic E-state index is -0.283. The van der Waals surface area contributed by atoms with E-state index < -0.39 is 0 Å². The highest BCUT2D eigenvalue weighted by atomic mass is 32.2. The number of thioether (sulfide) groups is 1. The predicted molar refractivity (Wildman–Crippen MR) is 149 cm³/mol. The smallest absolute Gasteiger partial charge is 0.266 e. The van der Waals surface area contributed by atoms with Gasteiger partial charge in [0, 0.05) is 5.69 Å². The minimum absolute atomic E-state index is 0.173. The van der Waals surface area contributed by atoms with Crippen LogP contribution >= 0.6 is 24.0 Å². The lowest BCUT2D eigenvalue weighted by Crippen LogP contribution is -2.27. The molecule has 2 amide bonds. The van der Waals surface area contributed by atoms with Gasteiger partial charge >= 0.3 is 0 Å². The zero-order chi connectivity index (χ0) is 26.5. The lowest BCUT2D eigenvalue weighted by atomic mass is 10.1. The number of nitrogens with zero attached hydrogens (tertiary/aromatic N) is 1. The number of amides is 2. The van der Waals surface area contributed by atoms with E-state index >= 15 is 0 Å². The topological polar surface area (TPSA) is 86.3 Å². The van der Waals surface area contributed by atoms with E-state index in [0.29, 0.717) is 51.1 Å². The van der Waals surface area contributed by atoms with Crippen LogP contribution in [0.4, 0.5) is 5.69 Å². The zero-order valence-electron chi connectivity index (χ0n) is 20.5. The van der Waals surface area contributed by atoms with Crippen molar-refractivity contribution in [3.8, 4) is 23.0 Å². The van der Waals surface area contributed by atoms with Gasteiger partial charge in [-0.2, -0.15) is 0 Å². The second kappa shape index (κ2) is 11.6. The number of thiocarbonyl (C=S) groups is 1. The fraction of sp³-hybridized carbons (Fsp3) is 0.179. The summed E-state index contributed by atoms with van der Waals surface area (Å²) in [6, 6.07) is 20.0. The number of hydrogen-bond acceptors (Lipinski definition) is 8. The summed E-state index contributed by atoms with van der Waals surface area (Å²) in [4.78, 5) is 27.5. The van der Waals surface area contributed by atoms with Crippen molar-refractivity contribution < 1.29 is 28.5 Å². The Morgan fingerprint density at radius 1 is 1.05 bits per heavy atom. The van der Waals surface area contributed by atoms with Crippen LogP contribution < -0.4 is 24.3 Å². The first-order valence-corrected chi connectivity index (χ1v) is 13.1. The van der Waals surface area contributed by atoms with E-state index in [9.17, 15) is 9.59 Å². The highest BCUT2D eigenvalue weighted by molar-refractivity contribution is 8.26. The largest absolute Gasteiger partial charge is 0.490 e. The first kappa shape index (κ1) is 25.6. The molecule has 0 aromatic heterocycles. The molecule has 1 fully saturated rings. The van der Waals surface area contributed by atoms with Crippen molar-refractivity contribution in [1.82, 2.24) is 4.90 Å². The van der Waals surface area contributed by atoms with Gasteiger partial charge in [-0.05, 0) is 60.5 Å². The van der Waals surface area contributed by atoms with Gasteiger partial charge in [0.15, 0.2) is 29.6 Å². The van der Waals surface area contributed by atoms with E-state index in [2.05, 4.69) is 5.32 Å². The summed E-state index contributed by atoms with van der Waals surface area (Å²) in [5.41, 5.74) is 2.33. The third kappa shape index (κ3) is 5.92. The highest BCUT2D eigenvalue weighted by Gasteiger charge is 2.32. The molecule has 1 saturated heterocycles. The van der Waals surface area contributed by atoms with Gasteiger partial charge < -0.3 is 24.3 Å². The SMILES string of the molecule is CCOc1cc(/C=C2\SC(=S)N(Cc3ccc4c(c3)OCO4)C2=O)ccc1OCC(=O)Nc1ccccc1. The Morgan fingerprint density at radius 3 is 2.68 bits per heavy atom. The number of para-hydroxylation sites is 1. The predicted octanol–water partition coefficient (Wildman–Crippen LogP) is 5.23. The van der Waals surface area contributed by atoms with E-state index in [1.807, 2.05) is 43.3 Å². The summed E-state index contributed by atoms with van der Waals surface area (Å²) in [5.74, 6) is 1.80. The summed E-state index contributed by atoms with van der Waals surface area (Å²) in [7, 11) is 0. The van der Waals surface area contributed by atoms with E-state index in [0.717, 1.165) is 11.1 Å². The number of carbonyl (C=O) groups excluding carboxylic acids is 2. The molecule has 1 N–H and O–H groups in total. The van der Waals surface area contributed by atoms with Crippen molar-refractivity contribution in [2.24, 2.45) is 0 Å². The van der Waals surface area contributed by atoms with Gasteiger partial charge in [0.1, 0.15) is 4.32 Å². The van der Waals surface area contributed by atoms with Gasteiger partial charge in [-0.3, -0.25) is 14.5 Å². The second-order valence-electron chi connectivity index (χ2n) is 8.30. The number of anilines is 1. The molecule has 38 heavy (non-hydrogen) atoms. The van der Waals surface area contributed by atoms with Crippen LogP contribution in [0.1, 0.15) is 18.1 Å². The van der Waals surface area contributed by atoms with Crippen molar-refractivity contribution in [3.05, 3.63) is 82.8 Å². The molecule has 2 aliphatic rings. The Kier molecular flexibility index (Phi) is 7.81. The average Bonchev–Trinajstić information content (AvgIpc) is 3.48. The van der Waals surface area contributed by atoms with Gasteiger partial charge in [-0.15, -0.1) is 0 Å². The van der Waals surface area contributed by atoms with Crippen LogP contribution in [0.15, 0.2) is 71.6 Å². The van der Waals surface area contributed by atoms with Crippen LogP contribution in [0.25, 0.3) is 6.08 Å². The normalized spacial score (nSPS) is 15.2. The Morgan fingerprint density at radius 2 is 1.87 bits per heavy atom. The van der Waals surface area contributed by atoms with E-state index in [-0.39, 0.29) is 25.2 Å². The molecule has 0 unspecified atom stereocenters. The van der Waals surface area contributed by atoms with Crippen LogP contribution in [0, 0.1) is 0 Å². The molecule has 8 nitrogen and oxygen atoms in total. The summed E-state index contributed by atoms with van der Waals surface area (Å²) in [6.45, 7) is 2.62. The van der Waals surface area contributed by atoms with E-state index in [4.69, 9.17) is 31.2 Å². The fourth-order valence-corrected chi connectivity index (χ4v) is 5.13. The number of hydrogen-bond donors (Lipinski definition) is 1. The van der Waals surface area contributed by atoms with Gasteiger partial charge in [0.25, 0.3) is 11.8 Å². The van der Waals surface area contributed by atoms with Crippen LogP contribution in [0.2, 0.25) is 0 Å². The van der Waals surface area contributed by atoms with Gasteiger partial charge in [0.05, 0.1) is 18.1 Å². The fourth-order valence-electron chi connectivity index (χ4n) is 3.87. The number of benzene rings is 3. The molecule has 2 aliphatic heterocycles. The second-order valence-corrected chi connectivity index (χ2v) is 9.97. The maximum absolute atomic E-state index is 13.2. The summed E-state index contributed by atoms with van der Waals surface area (Å²) >= 11 is 6.74. The Bertz CT molecular complexity index is 1410. The van der Waals surface area contributed by atoms with Crippen molar-refractivity contribution >= 4 is 51.9 Å². The molecule has 2 heterocycles. The highest BCUT2D eigenvalue weighted by Crippen LogP contribution is 2.37. The minimum Gasteiger partial charge on any atom is -0.490 e. The number of ether oxygens (including phenoxy) is 4. The first-order valence-electron chi connectivity index (χ1n) is 11.9. The molecule has 3 aromatic carbocycles. The third-order valence-corrected chi connectivity index (χ3v) is 7.01.